The zero-order valence-corrected chi connectivity index (χ0v) is 14.6. The van der Waals surface area contributed by atoms with Gasteiger partial charge >= 0.3 is 6.03 Å². The summed E-state index contributed by atoms with van der Waals surface area (Å²) in [6, 6.07) is -0.606. The lowest BCUT2D eigenvalue weighted by Gasteiger charge is -2.17. The molecule has 0 aromatic carbocycles. The zero-order valence-electron chi connectivity index (χ0n) is 11.6. The second kappa shape index (κ2) is 7.76. The van der Waals surface area contributed by atoms with Crippen molar-refractivity contribution in [2.75, 3.05) is 5.01 Å². The van der Waals surface area contributed by atoms with Crippen molar-refractivity contribution in [3.05, 3.63) is 28.1 Å². The maximum Gasteiger partial charge on any atom is 0.350 e. The Morgan fingerprint density at radius 1 is 1.64 bits per heavy atom. The topological polar surface area (TPSA) is 129 Å². The number of hydrazine groups is 2. The summed E-state index contributed by atoms with van der Waals surface area (Å²) in [6.45, 7) is 0.181. The van der Waals surface area contributed by atoms with Gasteiger partial charge in [0, 0.05) is 28.1 Å². The molecule has 1 aliphatic rings. The Bertz CT molecular complexity index is 586. The standard InChI is InChI=1S/C12H17IN6O2S/c13-17-4-3-10(14)21-5-8-9(19(16)12(20)18-15)6-22-11(8)7-1-2-7/h3-4,6-7,14,17H,1-2,5,15-16H2,(H,18,20)/b4-3-,14-10?. The van der Waals surface area contributed by atoms with Crippen LogP contribution in [0.4, 0.5) is 10.5 Å². The lowest BCUT2D eigenvalue weighted by atomic mass is 10.2. The van der Waals surface area contributed by atoms with Crippen molar-refractivity contribution in [2.45, 2.75) is 25.4 Å². The largest absolute Gasteiger partial charge is 0.473 e. The Balaban J connectivity index is 2.16. The van der Waals surface area contributed by atoms with Crippen molar-refractivity contribution in [1.29, 1.82) is 5.41 Å². The van der Waals surface area contributed by atoms with Crippen LogP contribution in [0, 0.1) is 5.41 Å². The molecule has 1 aromatic heterocycles. The number of hydrogen-bond donors (Lipinski definition) is 5. The highest BCUT2D eigenvalue weighted by Gasteiger charge is 2.31. The van der Waals surface area contributed by atoms with Crippen LogP contribution in [0.25, 0.3) is 0 Å². The number of halogens is 1. The van der Waals surface area contributed by atoms with Crippen LogP contribution in [0.2, 0.25) is 0 Å². The number of carbonyl (C=O) groups is 1. The van der Waals surface area contributed by atoms with E-state index in [0.717, 1.165) is 28.3 Å². The third kappa shape index (κ3) is 4.09. The first kappa shape index (κ1) is 17.0. The minimum Gasteiger partial charge on any atom is -0.473 e. The van der Waals surface area contributed by atoms with Crippen LogP contribution >= 0.6 is 34.2 Å². The van der Waals surface area contributed by atoms with Crippen LogP contribution in [-0.4, -0.2) is 11.9 Å². The van der Waals surface area contributed by atoms with Gasteiger partial charge in [-0.15, -0.1) is 11.3 Å². The number of nitrogens with two attached hydrogens (primary N) is 2. The number of amides is 2. The molecule has 0 bridgehead atoms. The summed E-state index contributed by atoms with van der Waals surface area (Å²) in [6.07, 6.45) is 5.34. The monoisotopic (exact) mass is 436 g/mol. The number of ether oxygens (including phenoxy) is 1. The molecular formula is C12H17IN6O2S. The number of rotatable bonds is 6. The van der Waals surface area contributed by atoms with Crippen LogP contribution in [0.15, 0.2) is 17.7 Å². The van der Waals surface area contributed by atoms with E-state index < -0.39 is 6.03 Å². The Hall–Kier alpha value is -1.37. The van der Waals surface area contributed by atoms with Crippen molar-refractivity contribution in [1.82, 2.24) is 8.96 Å². The second-order valence-electron chi connectivity index (χ2n) is 4.65. The average molecular weight is 436 g/mol. The van der Waals surface area contributed by atoms with Crippen molar-refractivity contribution in [2.24, 2.45) is 11.7 Å². The summed E-state index contributed by atoms with van der Waals surface area (Å²) in [5, 5.41) is 10.5. The predicted octanol–water partition coefficient (Wildman–Crippen LogP) is 1.84. The molecule has 1 heterocycles. The molecular weight excluding hydrogens is 419 g/mol. The fraction of sp³-hybridized carbons (Fsp3) is 0.333. The molecule has 2 amide bonds. The van der Waals surface area contributed by atoms with E-state index in [1.807, 2.05) is 33.7 Å². The molecule has 1 saturated carbocycles. The Morgan fingerprint density at radius 3 is 2.95 bits per heavy atom. The highest BCUT2D eigenvalue weighted by Crippen LogP contribution is 2.47. The van der Waals surface area contributed by atoms with Gasteiger partial charge in [0.05, 0.1) is 28.6 Å². The molecule has 0 atom stereocenters. The van der Waals surface area contributed by atoms with Gasteiger partial charge < -0.3 is 8.27 Å². The van der Waals surface area contributed by atoms with Crippen LogP contribution in [-0.2, 0) is 11.3 Å². The fourth-order valence-electron chi connectivity index (χ4n) is 1.91. The first-order valence-electron chi connectivity index (χ1n) is 6.48. The molecule has 0 unspecified atom stereocenters. The lowest BCUT2D eigenvalue weighted by molar-refractivity contribution is 0.246. The maximum absolute atomic E-state index is 11.6. The predicted molar refractivity (Wildman–Crippen MR) is 94.5 cm³/mol. The van der Waals surface area contributed by atoms with Crippen LogP contribution in [0.5, 0.6) is 0 Å². The number of nitrogens with zero attached hydrogens (tertiary/aromatic N) is 1. The van der Waals surface area contributed by atoms with Crippen molar-refractivity contribution >= 4 is 51.8 Å². The summed E-state index contributed by atoms with van der Waals surface area (Å²) >= 11 is 3.49. The lowest BCUT2D eigenvalue weighted by Crippen LogP contribution is -2.47. The van der Waals surface area contributed by atoms with Gasteiger partial charge in [-0.3, -0.25) is 10.8 Å². The average Bonchev–Trinajstić information content (AvgIpc) is 3.29. The molecule has 22 heavy (non-hydrogen) atoms. The van der Waals surface area contributed by atoms with E-state index in [1.165, 1.54) is 6.08 Å². The maximum atomic E-state index is 11.6. The van der Waals surface area contributed by atoms with Crippen LogP contribution < -0.4 is 25.7 Å². The normalized spacial score (nSPS) is 14.0. The van der Waals surface area contributed by atoms with Gasteiger partial charge in [0.2, 0.25) is 5.90 Å². The van der Waals surface area contributed by atoms with Gasteiger partial charge in [-0.1, -0.05) is 0 Å². The van der Waals surface area contributed by atoms with E-state index in [2.05, 4.69) is 3.53 Å². The SMILES string of the molecule is N=C(/C=C\NI)OCc1c(N(N)C(=O)NN)csc1C1CC1. The summed E-state index contributed by atoms with van der Waals surface area (Å²) in [7, 11) is 0. The number of anilines is 1. The van der Waals surface area contributed by atoms with Gasteiger partial charge in [0.1, 0.15) is 6.61 Å². The van der Waals surface area contributed by atoms with Crippen LogP contribution in [0.1, 0.15) is 29.2 Å². The molecule has 1 aliphatic carbocycles. The second-order valence-corrected chi connectivity index (χ2v) is 6.19. The van der Waals surface area contributed by atoms with Gasteiger partial charge in [-0.2, -0.15) is 0 Å². The third-order valence-corrected chi connectivity index (χ3v) is 4.66. The summed E-state index contributed by atoms with van der Waals surface area (Å²) < 4.78 is 8.19. The summed E-state index contributed by atoms with van der Waals surface area (Å²) in [5.74, 6) is 11.4. The molecule has 0 spiro atoms. The molecule has 10 heteroatoms. The summed E-state index contributed by atoms with van der Waals surface area (Å²) in [4.78, 5) is 12.8. The number of carbonyl (C=O) groups excluding carboxylic acids is 1. The summed E-state index contributed by atoms with van der Waals surface area (Å²) in [5.41, 5.74) is 3.39. The molecule has 7 N–H and O–H groups in total. The van der Waals surface area contributed by atoms with E-state index in [1.54, 1.807) is 17.5 Å². The number of thiophene rings is 1. The van der Waals surface area contributed by atoms with Gasteiger partial charge in [0.25, 0.3) is 0 Å². The van der Waals surface area contributed by atoms with Crippen molar-refractivity contribution < 1.29 is 9.53 Å². The number of hydrogen-bond acceptors (Lipinski definition) is 7. The molecule has 1 aromatic rings. The van der Waals surface area contributed by atoms with E-state index >= 15 is 0 Å². The Morgan fingerprint density at radius 2 is 2.36 bits per heavy atom. The first-order chi connectivity index (χ1) is 10.6. The molecule has 2 rings (SSSR count). The molecule has 1 fully saturated rings. The van der Waals surface area contributed by atoms with E-state index in [4.69, 9.17) is 21.8 Å². The van der Waals surface area contributed by atoms with Crippen LogP contribution in [0.3, 0.4) is 0 Å². The molecule has 120 valence electrons. The van der Waals surface area contributed by atoms with Gasteiger partial charge in [-0.25, -0.2) is 21.5 Å². The number of urea groups is 1. The van der Waals surface area contributed by atoms with Crippen molar-refractivity contribution in [3.8, 4) is 0 Å². The molecule has 0 radical (unpaired) electrons. The first-order valence-corrected chi connectivity index (χ1v) is 8.44. The zero-order chi connectivity index (χ0) is 16.1. The molecule has 0 saturated heterocycles. The van der Waals surface area contributed by atoms with Crippen molar-refractivity contribution in [3.63, 3.8) is 0 Å². The minimum atomic E-state index is -0.606. The van der Waals surface area contributed by atoms with Gasteiger partial charge in [-0.05, 0) is 18.8 Å². The fourth-order valence-corrected chi connectivity index (χ4v) is 3.32. The van der Waals surface area contributed by atoms with E-state index in [-0.39, 0.29) is 12.5 Å². The molecule has 8 nitrogen and oxygen atoms in total. The smallest absolute Gasteiger partial charge is 0.350 e. The van der Waals surface area contributed by atoms with E-state index in [9.17, 15) is 4.79 Å². The Kier molecular flexibility index (Phi) is 5.99. The highest BCUT2D eigenvalue weighted by atomic mass is 127. The quantitative estimate of drug-likeness (QED) is 0.0884. The molecule has 0 aliphatic heterocycles. The van der Waals surface area contributed by atoms with Gasteiger partial charge in [0.15, 0.2) is 0 Å². The Labute approximate surface area is 145 Å². The highest BCUT2D eigenvalue weighted by molar-refractivity contribution is 14.1. The number of nitrogens with one attached hydrogen (secondary N) is 3. The third-order valence-electron chi connectivity index (χ3n) is 3.12. The van der Waals surface area contributed by atoms with E-state index in [0.29, 0.717) is 11.6 Å². The minimum absolute atomic E-state index is 0.0231.